The number of hydrogen-bond acceptors (Lipinski definition) is 4. The summed E-state index contributed by atoms with van der Waals surface area (Å²) in [6.07, 6.45) is 4.98. The number of nitrogens with zero attached hydrogens (tertiary/aromatic N) is 2. The van der Waals surface area contributed by atoms with Crippen molar-refractivity contribution < 1.29 is 4.52 Å². The highest BCUT2D eigenvalue weighted by Crippen LogP contribution is 2.38. The van der Waals surface area contributed by atoms with Crippen LogP contribution in [0.15, 0.2) is 4.52 Å². The Hall–Kier alpha value is -0.900. The summed E-state index contributed by atoms with van der Waals surface area (Å²) in [7, 11) is 0. The maximum Gasteiger partial charge on any atom is 0.231 e. The number of hydrogen-bond donors (Lipinski definition) is 1. The zero-order valence-electron chi connectivity index (χ0n) is 11.7. The molecule has 3 unspecified atom stereocenters. The number of aromatic nitrogens is 2. The first-order valence-electron chi connectivity index (χ1n) is 7.19. The molecule has 102 valence electrons. The Bertz CT molecular complexity index is 375. The smallest absolute Gasteiger partial charge is 0.231 e. The van der Waals surface area contributed by atoms with Gasteiger partial charge in [0.15, 0.2) is 5.82 Å². The minimum Gasteiger partial charge on any atom is -0.339 e. The fraction of sp³-hybridized carbons (Fsp3) is 0.857. The Morgan fingerprint density at radius 2 is 2.17 bits per heavy atom. The summed E-state index contributed by atoms with van der Waals surface area (Å²) in [4.78, 5) is 4.60. The molecular weight excluding hydrogens is 226 g/mol. The molecule has 1 aromatic rings. The van der Waals surface area contributed by atoms with E-state index in [1.165, 1.54) is 25.7 Å². The fourth-order valence-corrected chi connectivity index (χ4v) is 2.90. The summed E-state index contributed by atoms with van der Waals surface area (Å²) in [5, 5.41) is 4.18. The molecule has 0 aromatic carbocycles. The average molecular weight is 251 g/mol. The Morgan fingerprint density at radius 1 is 1.39 bits per heavy atom. The van der Waals surface area contributed by atoms with E-state index in [4.69, 9.17) is 10.3 Å². The molecule has 1 fully saturated rings. The topological polar surface area (TPSA) is 64.9 Å². The molecule has 2 N–H and O–H groups in total. The molecule has 1 aliphatic carbocycles. The van der Waals surface area contributed by atoms with Crippen LogP contribution in [-0.4, -0.2) is 16.7 Å². The van der Waals surface area contributed by atoms with Gasteiger partial charge in [-0.2, -0.15) is 4.98 Å². The summed E-state index contributed by atoms with van der Waals surface area (Å²) in [5.41, 5.74) is 5.78. The van der Waals surface area contributed by atoms with Gasteiger partial charge in [0.2, 0.25) is 5.89 Å². The van der Waals surface area contributed by atoms with E-state index in [1.54, 1.807) is 0 Å². The highest BCUT2D eigenvalue weighted by atomic mass is 16.5. The molecule has 18 heavy (non-hydrogen) atoms. The van der Waals surface area contributed by atoms with Gasteiger partial charge in [0, 0.05) is 12.5 Å². The molecule has 0 amide bonds. The molecule has 2 rings (SSSR count). The molecule has 3 atom stereocenters. The first kappa shape index (κ1) is 13.5. The molecule has 0 bridgehead atoms. The third-order valence-corrected chi connectivity index (χ3v) is 4.32. The van der Waals surface area contributed by atoms with Gasteiger partial charge in [0.25, 0.3) is 0 Å². The van der Waals surface area contributed by atoms with Crippen LogP contribution in [0.2, 0.25) is 0 Å². The van der Waals surface area contributed by atoms with Crippen LogP contribution in [0.3, 0.4) is 0 Å². The van der Waals surface area contributed by atoms with Crippen molar-refractivity contribution in [3.05, 3.63) is 11.7 Å². The second-order valence-corrected chi connectivity index (χ2v) is 5.86. The van der Waals surface area contributed by atoms with Crippen molar-refractivity contribution in [2.75, 3.05) is 6.54 Å². The van der Waals surface area contributed by atoms with Gasteiger partial charge in [-0.15, -0.1) is 0 Å². The monoisotopic (exact) mass is 251 g/mol. The van der Waals surface area contributed by atoms with Crippen LogP contribution in [0, 0.1) is 11.8 Å². The zero-order valence-corrected chi connectivity index (χ0v) is 11.7. The third-order valence-electron chi connectivity index (χ3n) is 4.32. The van der Waals surface area contributed by atoms with Gasteiger partial charge in [0.1, 0.15) is 0 Å². The van der Waals surface area contributed by atoms with Crippen LogP contribution in [0.25, 0.3) is 0 Å². The van der Waals surface area contributed by atoms with Crippen molar-refractivity contribution >= 4 is 0 Å². The summed E-state index contributed by atoms with van der Waals surface area (Å²) in [6, 6.07) is 0. The van der Waals surface area contributed by atoms with Crippen LogP contribution < -0.4 is 5.73 Å². The van der Waals surface area contributed by atoms with E-state index in [0.29, 0.717) is 18.4 Å². The molecule has 0 aliphatic heterocycles. The van der Waals surface area contributed by atoms with Gasteiger partial charge >= 0.3 is 0 Å². The molecule has 4 heteroatoms. The van der Waals surface area contributed by atoms with Crippen molar-refractivity contribution in [3.63, 3.8) is 0 Å². The lowest BCUT2D eigenvalue weighted by Gasteiger charge is -2.13. The second-order valence-electron chi connectivity index (χ2n) is 5.86. The predicted octanol–water partition coefficient (Wildman–Crippen LogP) is 3.06. The quantitative estimate of drug-likeness (QED) is 0.873. The lowest BCUT2D eigenvalue weighted by Crippen LogP contribution is -2.18. The van der Waals surface area contributed by atoms with Gasteiger partial charge in [0.05, 0.1) is 5.92 Å². The Morgan fingerprint density at radius 3 is 2.72 bits per heavy atom. The summed E-state index contributed by atoms with van der Waals surface area (Å²) in [6.45, 7) is 7.12. The molecule has 1 saturated carbocycles. The first-order valence-corrected chi connectivity index (χ1v) is 7.19. The van der Waals surface area contributed by atoms with Crippen LogP contribution in [0.4, 0.5) is 0 Å². The summed E-state index contributed by atoms with van der Waals surface area (Å²) >= 11 is 0. The molecule has 4 nitrogen and oxygen atoms in total. The van der Waals surface area contributed by atoms with Crippen LogP contribution in [-0.2, 0) is 0 Å². The first-order chi connectivity index (χ1) is 8.65. The molecule has 0 spiro atoms. The van der Waals surface area contributed by atoms with Crippen LogP contribution >= 0.6 is 0 Å². The normalized spacial score (nSPS) is 25.8. The average Bonchev–Trinajstić information content (AvgIpc) is 2.96. The Labute approximate surface area is 109 Å². The largest absolute Gasteiger partial charge is 0.339 e. The van der Waals surface area contributed by atoms with E-state index >= 15 is 0 Å². The molecular formula is C14H25N3O. The van der Waals surface area contributed by atoms with Gasteiger partial charge in [-0.3, -0.25) is 0 Å². The van der Waals surface area contributed by atoms with Crippen molar-refractivity contribution in [3.8, 4) is 0 Å². The Balaban J connectivity index is 2.06. The SMILES string of the molecule is CCC1CCC(c2noc(C(CN)C(C)C)n2)C1. The Kier molecular flexibility index (Phi) is 4.38. The maximum absolute atomic E-state index is 5.78. The van der Waals surface area contributed by atoms with E-state index in [1.807, 2.05) is 0 Å². The molecule has 0 radical (unpaired) electrons. The lowest BCUT2D eigenvalue weighted by atomic mass is 9.96. The maximum atomic E-state index is 5.78. The van der Waals surface area contributed by atoms with E-state index in [0.717, 1.165) is 17.6 Å². The highest BCUT2D eigenvalue weighted by Gasteiger charge is 2.29. The third kappa shape index (κ3) is 2.74. The van der Waals surface area contributed by atoms with Crippen molar-refractivity contribution in [1.82, 2.24) is 10.1 Å². The van der Waals surface area contributed by atoms with Crippen molar-refractivity contribution in [1.29, 1.82) is 0 Å². The standard InChI is InChI=1S/C14H25N3O/c1-4-10-5-6-11(7-10)13-16-14(18-17-13)12(8-15)9(2)3/h9-12H,4-8,15H2,1-3H3. The van der Waals surface area contributed by atoms with Gasteiger partial charge in [-0.25, -0.2) is 0 Å². The van der Waals surface area contributed by atoms with Crippen LogP contribution in [0.1, 0.15) is 70.0 Å². The predicted molar refractivity (Wildman–Crippen MR) is 71.3 cm³/mol. The van der Waals surface area contributed by atoms with Gasteiger partial charge in [-0.05, 0) is 31.1 Å². The minimum atomic E-state index is 0.189. The molecule has 0 saturated heterocycles. The van der Waals surface area contributed by atoms with Crippen molar-refractivity contribution in [2.24, 2.45) is 17.6 Å². The summed E-state index contributed by atoms with van der Waals surface area (Å²) < 4.78 is 5.42. The molecule has 1 heterocycles. The van der Waals surface area contributed by atoms with Gasteiger partial charge in [-0.1, -0.05) is 32.3 Å². The summed E-state index contributed by atoms with van der Waals surface area (Å²) in [5.74, 6) is 3.60. The van der Waals surface area contributed by atoms with E-state index in [2.05, 4.69) is 30.9 Å². The minimum absolute atomic E-state index is 0.189. The molecule has 1 aliphatic rings. The number of nitrogens with two attached hydrogens (primary N) is 1. The van der Waals surface area contributed by atoms with Crippen molar-refractivity contribution in [2.45, 2.75) is 58.3 Å². The highest BCUT2D eigenvalue weighted by molar-refractivity contribution is 5.03. The molecule has 1 aromatic heterocycles. The lowest BCUT2D eigenvalue weighted by molar-refractivity contribution is 0.320. The van der Waals surface area contributed by atoms with E-state index in [-0.39, 0.29) is 5.92 Å². The second kappa shape index (κ2) is 5.83. The number of rotatable bonds is 5. The zero-order chi connectivity index (χ0) is 13.1. The van der Waals surface area contributed by atoms with Crippen LogP contribution in [0.5, 0.6) is 0 Å². The van der Waals surface area contributed by atoms with Gasteiger partial charge < -0.3 is 10.3 Å². The van der Waals surface area contributed by atoms with E-state index < -0.39 is 0 Å². The fourth-order valence-electron chi connectivity index (χ4n) is 2.90. The van der Waals surface area contributed by atoms with E-state index in [9.17, 15) is 0 Å².